The van der Waals surface area contributed by atoms with Crippen molar-refractivity contribution in [2.24, 2.45) is 11.0 Å². The molecule has 4 unspecified atom stereocenters. The van der Waals surface area contributed by atoms with Crippen molar-refractivity contribution in [3.8, 4) is 11.5 Å². The summed E-state index contributed by atoms with van der Waals surface area (Å²) in [6.45, 7) is 3.73. The fourth-order valence-electron chi connectivity index (χ4n) is 4.94. The number of carbonyl (C=O) groups excluding carboxylic acids is 2. The van der Waals surface area contributed by atoms with Crippen LogP contribution in [0.25, 0.3) is 0 Å². The Labute approximate surface area is 202 Å². The average molecular weight is 494 g/mol. The predicted octanol–water partition coefficient (Wildman–Crippen LogP) is 2.62. The average Bonchev–Trinajstić information content (AvgIpc) is 3.24. The maximum Gasteiger partial charge on any atom is 0.234 e. The van der Waals surface area contributed by atoms with Crippen LogP contribution in [0.2, 0.25) is 0 Å². The smallest absolute Gasteiger partial charge is 0.234 e. The molecule has 1 aliphatic carbocycles. The van der Waals surface area contributed by atoms with Crippen LogP contribution < -0.4 is 20.2 Å². The van der Waals surface area contributed by atoms with Crippen molar-refractivity contribution in [1.82, 2.24) is 15.2 Å². The van der Waals surface area contributed by atoms with Crippen LogP contribution in [-0.4, -0.2) is 70.0 Å². The second kappa shape index (κ2) is 9.50. The number of hydrogen-bond donors (Lipinski definition) is 2. The zero-order valence-corrected chi connectivity index (χ0v) is 20.0. The first-order chi connectivity index (χ1) is 16.0. The van der Waals surface area contributed by atoms with E-state index in [9.17, 15) is 9.59 Å². The summed E-state index contributed by atoms with van der Waals surface area (Å²) >= 11 is 7.80. The van der Waals surface area contributed by atoms with E-state index in [-0.39, 0.29) is 41.2 Å². The molecule has 1 aromatic rings. The minimum atomic E-state index is -0.297. The zero-order valence-electron chi connectivity index (χ0n) is 18.5. The molecule has 2 amide bonds. The number of hydrazone groups is 1. The van der Waals surface area contributed by atoms with Crippen molar-refractivity contribution < 1.29 is 19.1 Å². The van der Waals surface area contributed by atoms with Gasteiger partial charge in [0.1, 0.15) is 13.2 Å². The van der Waals surface area contributed by atoms with E-state index in [1.165, 1.54) is 11.8 Å². The highest BCUT2D eigenvalue weighted by atomic mass is 35.5. The van der Waals surface area contributed by atoms with E-state index in [0.717, 1.165) is 24.4 Å². The molecule has 0 radical (unpaired) electrons. The lowest BCUT2D eigenvalue weighted by molar-refractivity contribution is -0.155. The van der Waals surface area contributed by atoms with Gasteiger partial charge in [0.2, 0.25) is 11.8 Å². The van der Waals surface area contributed by atoms with E-state index in [4.69, 9.17) is 21.1 Å². The Morgan fingerprint density at radius 3 is 2.94 bits per heavy atom. The maximum atomic E-state index is 13.2. The second-order valence-corrected chi connectivity index (χ2v) is 10.2. The van der Waals surface area contributed by atoms with Gasteiger partial charge in [0, 0.05) is 29.7 Å². The van der Waals surface area contributed by atoms with Crippen molar-refractivity contribution in [3.05, 3.63) is 18.2 Å². The van der Waals surface area contributed by atoms with Crippen molar-refractivity contribution >= 4 is 46.0 Å². The van der Waals surface area contributed by atoms with Crippen LogP contribution in [0, 0.1) is 5.92 Å². The number of amidine groups is 1. The lowest BCUT2D eigenvalue weighted by Gasteiger charge is -2.51. The number of thioether (sulfide) groups is 1. The molecule has 0 aromatic heterocycles. The van der Waals surface area contributed by atoms with Gasteiger partial charge < -0.3 is 24.6 Å². The molecule has 33 heavy (non-hydrogen) atoms. The molecule has 11 heteroatoms. The number of halogens is 1. The standard InChI is InChI=1S/C22H28ClN5O4S/c1-2-7-27-20(30)15-10-13(23)3-5-16(15)28-21(27)25-26-22(28)33-12-19(29)24-14-4-6-17-18(11-14)32-9-8-31-17/h4,6,11,13,15-16,21,25H,2-3,5,7-10,12H2,1H3,(H,24,29). The summed E-state index contributed by atoms with van der Waals surface area (Å²) in [6.07, 6.45) is 2.95. The van der Waals surface area contributed by atoms with Gasteiger partial charge in [-0.1, -0.05) is 18.7 Å². The molecule has 4 aliphatic rings. The van der Waals surface area contributed by atoms with Crippen molar-refractivity contribution in [2.75, 3.05) is 30.8 Å². The second-order valence-electron chi connectivity index (χ2n) is 8.62. The normalized spacial score (nSPS) is 27.9. The molecule has 4 atom stereocenters. The first kappa shape index (κ1) is 22.5. The van der Waals surface area contributed by atoms with Crippen LogP contribution in [0.5, 0.6) is 11.5 Å². The number of anilines is 1. The minimum absolute atomic E-state index is 0.0237. The topological polar surface area (TPSA) is 95.5 Å². The largest absolute Gasteiger partial charge is 0.486 e. The van der Waals surface area contributed by atoms with E-state index in [1.54, 1.807) is 18.2 Å². The molecular weight excluding hydrogens is 466 g/mol. The number of fused-ring (bicyclic) bond motifs is 4. The van der Waals surface area contributed by atoms with E-state index in [0.29, 0.717) is 43.4 Å². The molecule has 1 saturated heterocycles. The lowest BCUT2D eigenvalue weighted by Crippen LogP contribution is -2.67. The first-order valence-corrected chi connectivity index (χ1v) is 12.9. The van der Waals surface area contributed by atoms with Crippen LogP contribution >= 0.6 is 23.4 Å². The number of amides is 2. The molecule has 2 N–H and O–H groups in total. The van der Waals surface area contributed by atoms with Gasteiger partial charge in [-0.25, -0.2) is 0 Å². The van der Waals surface area contributed by atoms with E-state index < -0.39 is 0 Å². The van der Waals surface area contributed by atoms with E-state index in [1.807, 2.05) is 4.90 Å². The van der Waals surface area contributed by atoms with Gasteiger partial charge in [-0.15, -0.1) is 11.6 Å². The molecule has 9 nitrogen and oxygen atoms in total. The van der Waals surface area contributed by atoms with Crippen LogP contribution in [0.3, 0.4) is 0 Å². The van der Waals surface area contributed by atoms with Crippen molar-refractivity contribution in [2.45, 2.75) is 50.3 Å². The van der Waals surface area contributed by atoms with Crippen molar-refractivity contribution in [3.63, 3.8) is 0 Å². The van der Waals surface area contributed by atoms with Gasteiger partial charge in [-0.3, -0.25) is 15.0 Å². The molecule has 1 aromatic carbocycles. The Hall–Kier alpha value is -2.33. The Morgan fingerprint density at radius 2 is 2.12 bits per heavy atom. The quantitative estimate of drug-likeness (QED) is 0.609. The summed E-state index contributed by atoms with van der Waals surface area (Å²) in [6, 6.07) is 5.42. The maximum absolute atomic E-state index is 13.2. The third-order valence-electron chi connectivity index (χ3n) is 6.39. The van der Waals surface area contributed by atoms with E-state index in [2.05, 4.69) is 27.7 Å². The number of benzene rings is 1. The van der Waals surface area contributed by atoms with Gasteiger partial charge in [-0.05, 0) is 37.8 Å². The summed E-state index contributed by atoms with van der Waals surface area (Å²) in [5.74, 6) is 1.40. The molecule has 5 rings (SSSR count). The molecule has 3 aliphatic heterocycles. The molecule has 1 saturated carbocycles. The Balaban J connectivity index is 1.24. The van der Waals surface area contributed by atoms with Gasteiger partial charge in [0.25, 0.3) is 0 Å². The number of nitrogens with zero attached hydrogens (tertiary/aromatic N) is 3. The Morgan fingerprint density at radius 1 is 1.30 bits per heavy atom. The SMILES string of the molecule is CCCN1C(=O)C2CC(Cl)CCC2N2C(SCC(=O)Nc3ccc4c(c3)OCCO4)=NNC12. The Bertz CT molecular complexity index is 963. The summed E-state index contributed by atoms with van der Waals surface area (Å²) in [5.41, 5.74) is 3.79. The monoisotopic (exact) mass is 493 g/mol. The van der Waals surface area contributed by atoms with Crippen molar-refractivity contribution in [1.29, 1.82) is 0 Å². The van der Waals surface area contributed by atoms with Crippen LogP contribution in [0.1, 0.15) is 32.6 Å². The van der Waals surface area contributed by atoms with Gasteiger partial charge in [0.15, 0.2) is 23.0 Å². The summed E-state index contributed by atoms with van der Waals surface area (Å²) < 4.78 is 11.1. The molecule has 2 fully saturated rings. The highest BCUT2D eigenvalue weighted by Crippen LogP contribution is 2.40. The number of alkyl halides is 1. The Kier molecular flexibility index (Phi) is 6.47. The van der Waals surface area contributed by atoms with Crippen LogP contribution in [-0.2, 0) is 9.59 Å². The fraction of sp³-hybridized carbons (Fsp3) is 0.591. The van der Waals surface area contributed by atoms with Gasteiger partial charge >= 0.3 is 0 Å². The summed E-state index contributed by atoms with van der Waals surface area (Å²) in [4.78, 5) is 29.9. The van der Waals surface area contributed by atoms with Crippen LogP contribution in [0.4, 0.5) is 5.69 Å². The number of carbonyl (C=O) groups is 2. The highest BCUT2D eigenvalue weighted by Gasteiger charge is 2.51. The predicted molar refractivity (Wildman–Crippen MR) is 127 cm³/mol. The molecular formula is C22H28ClN5O4S. The zero-order chi connectivity index (χ0) is 22.9. The lowest BCUT2D eigenvalue weighted by atomic mass is 9.81. The van der Waals surface area contributed by atoms with Crippen LogP contribution in [0.15, 0.2) is 23.3 Å². The minimum Gasteiger partial charge on any atom is -0.486 e. The third kappa shape index (κ3) is 4.42. The number of ether oxygens (including phenoxy) is 2. The molecule has 178 valence electrons. The number of nitrogens with one attached hydrogen (secondary N) is 2. The molecule has 0 bridgehead atoms. The fourth-order valence-corrected chi connectivity index (χ4v) is 6.10. The molecule has 0 spiro atoms. The van der Waals surface area contributed by atoms with E-state index >= 15 is 0 Å². The van der Waals surface area contributed by atoms with Gasteiger partial charge in [-0.2, -0.15) is 5.10 Å². The summed E-state index contributed by atoms with van der Waals surface area (Å²) in [7, 11) is 0. The van der Waals surface area contributed by atoms with Gasteiger partial charge in [0.05, 0.1) is 11.7 Å². The summed E-state index contributed by atoms with van der Waals surface area (Å²) in [5, 5.41) is 8.19. The number of rotatable bonds is 5. The third-order valence-corrected chi connectivity index (χ3v) is 7.75. The number of hydrogen-bond acceptors (Lipinski definition) is 8. The highest BCUT2D eigenvalue weighted by molar-refractivity contribution is 8.14. The first-order valence-electron chi connectivity index (χ1n) is 11.4. The molecule has 3 heterocycles.